The Hall–Kier alpha value is -0.530. The fraction of sp³-hybridized carbons (Fsp3) is 0.688. The minimum absolute atomic E-state index is 0.0946. The first kappa shape index (κ1) is 18.8. The van der Waals surface area contributed by atoms with E-state index in [1.807, 2.05) is 26.8 Å². The van der Waals surface area contributed by atoms with Crippen LogP contribution in [0.4, 0.5) is 4.79 Å². The third-order valence-electron chi connectivity index (χ3n) is 3.86. The van der Waals surface area contributed by atoms with Crippen molar-refractivity contribution < 1.29 is 13.9 Å². The molecule has 0 spiro atoms. The third-order valence-corrected chi connectivity index (χ3v) is 5.57. The molecule has 0 unspecified atom stereocenters. The minimum Gasteiger partial charge on any atom is -0.452 e. The van der Waals surface area contributed by atoms with Crippen molar-refractivity contribution in [3.63, 3.8) is 0 Å². The number of halogens is 2. The lowest BCUT2D eigenvalue weighted by Gasteiger charge is -2.31. The van der Waals surface area contributed by atoms with E-state index in [0.717, 1.165) is 35.9 Å². The molecule has 1 amide bonds. The van der Waals surface area contributed by atoms with Crippen LogP contribution in [0.1, 0.15) is 52.2 Å². The van der Waals surface area contributed by atoms with Crippen LogP contribution >= 0.6 is 31.9 Å². The number of alkyl carbamates (subject to hydrolysis) is 1. The van der Waals surface area contributed by atoms with Crippen molar-refractivity contribution in [1.82, 2.24) is 10.6 Å². The van der Waals surface area contributed by atoms with Crippen LogP contribution in [0.5, 0.6) is 0 Å². The average molecular weight is 452 g/mol. The van der Waals surface area contributed by atoms with E-state index in [0.29, 0.717) is 17.8 Å². The summed E-state index contributed by atoms with van der Waals surface area (Å²) in [7, 11) is 0. The number of ether oxygens (including phenoxy) is 1. The average Bonchev–Trinajstić information content (AvgIpc) is 3.01. The van der Waals surface area contributed by atoms with Crippen LogP contribution in [0, 0.1) is 0 Å². The maximum Gasteiger partial charge on any atom is 0.407 e. The van der Waals surface area contributed by atoms with Gasteiger partial charge < -0.3 is 19.8 Å². The molecule has 0 bridgehead atoms. The van der Waals surface area contributed by atoms with E-state index in [2.05, 4.69) is 42.5 Å². The molecule has 1 fully saturated rings. The number of rotatable bonds is 5. The van der Waals surface area contributed by atoms with Gasteiger partial charge in [-0.25, -0.2) is 4.79 Å². The predicted octanol–water partition coefficient (Wildman–Crippen LogP) is 4.73. The fourth-order valence-electron chi connectivity index (χ4n) is 2.78. The van der Waals surface area contributed by atoms with Crippen LogP contribution in [-0.4, -0.2) is 23.8 Å². The predicted molar refractivity (Wildman–Crippen MR) is 96.4 cm³/mol. The maximum absolute atomic E-state index is 11.9. The zero-order valence-electron chi connectivity index (χ0n) is 13.8. The van der Waals surface area contributed by atoms with Gasteiger partial charge in [0.05, 0.1) is 11.0 Å². The Kier molecular flexibility index (Phi) is 6.19. The van der Waals surface area contributed by atoms with Crippen LogP contribution in [0.2, 0.25) is 0 Å². The summed E-state index contributed by atoms with van der Waals surface area (Å²) >= 11 is 6.76. The van der Waals surface area contributed by atoms with Gasteiger partial charge in [0.2, 0.25) is 0 Å². The van der Waals surface area contributed by atoms with E-state index in [9.17, 15) is 4.79 Å². The molecule has 7 heteroatoms. The van der Waals surface area contributed by atoms with E-state index in [1.54, 1.807) is 0 Å². The van der Waals surface area contributed by atoms with Gasteiger partial charge in [-0.15, -0.1) is 0 Å². The number of amides is 1. The van der Waals surface area contributed by atoms with E-state index < -0.39 is 5.60 Å². The first-order valence-corrected chi connectivity index (χ1v) is 9.43. The summed E-state index contributed by atoms with van der Waals surface area (Å²) in [6.07, 6.45) is 4.02. The van der Waals surface area contributed by atoms with Crippen molar-refractivity contribution in [1.29, 1.82) is 0 Å². The maximum atomic E-state index is 11.9. The van der Waals surface area contributed by atoms with Gasteiger partial charge in [-0.3, -0.25) is 0 Å². The van der Waals surface area contributed by atoms with Gasteiger partial charge >= 0.3 is 6.09 Å². The summed E-state index contributed by atoms with van der Waals surface area (Å²) in [5, 5.41) is 6.47. The number of hydrogen-bond donors (Lipinski definition) is 2. The lowest BCUT2D eigenvalue weighted by atomic mass is 9.97. The summed E-state index contributed by atoms with van der Waals surface area (Å²) in [6.45, 7) is 6.78. The monoisotopic (exact) mass is 450 g/mol. The molecule has 2 rings (SSSR count). The molecule has 0 atom stereocenters. The second-order valence-corrected chi connectivity index (χ2v) is 8.61. The molecule has 0 aromatic carbocycles. The quantitative estimate of drug-likeness (QED) is 0.678. The first-order chi connectivity index (χ1) is 10.7. The molecule has 1 aliphatic rings. The molecular formula is C16H24Br2N2O3. The van der Waals surface area contributed by atoms with E-state index in [1.165, 1.54) is 0 Å². The van der Waals surface area contributed by atoms with Crippen LogP contribution in [0.25, 0.3) is 0 Å². The van der Waals surface area contributed by atoms with Gasteiger partial charge in [-0.05, 0) is 71.5 Å². The molecule has 130 valence electrons. The Bertz CT molecular complexity index is 527. The Morgan fingerprint density at radius 3 is 2.52 bits per heavy atom. The molecule has 0 saturated heterocycles. The molecule has 23 heavy (non-hydrogen) atoms. The number of carbonyl (C=O) groups is 1. The van der Waals surface area contributed by atoms with Crippen LogP contribution in [-0.2, 0) is 11.3 Å². The highest BCUT2D eigenvalue weighted by atomic mass is 79.9. The number of nitrogens with one attached hydrogen (secondary N) is 2. The van der Waals surface area contributed by atoms with Gasteiger partial charge in [0.15, 0.2) is 4.67 Å². The minimum atomic E-state index is -0.479. The van der Waals surface area contributed by atoms with Crippen LogP contribution < -0.4 is 10.6 Å². The first-order valence-electron chi connectivity index (χ1n) is 7.85. The van der Waals surface area contributed by atoms with Crippen molar-refractivity contribution in [2.75, 3.05) is 6.54 Å². The van der Waals surface area contributed by atoms with E-state index in [4.69, 9.17) is 9.15 Å². The van der Waals surface area contributed by atoms with Gasteiger partial charge in [0.25, 0.3) is 0 Å². The molecule has 0 aliphatic heterocycles. The van der Waals surface area contributed by atoms with Gasteiger partial charge in [0, 0.05) is 12.1 Å². The molecule has 1 saturated carbocycles. The van der Waals surface area contributed by atoms with E-state index >= 15 is 0 Å². The SMILES string of the molecule is CC(C)(C)OC(=O)NCC1(NCc2cc(Br)c(Br)o2)CCCC1. The molecule has 5 nitrogen and oxygen atoms in total. The summed E-state index contributed by atoms with van der Waals surface area (Å²) in [5.41, 5.74) is -0.574. The highest BCUT2D eigenvalue weighted by Crippen LogP contribution is 2.31. The normalized spacial score (nSPS) is 17.3. The standard InChI is InChI=1S/C16H24Br2N2O3/c1-15(2,3)23-14(21)19-10-16(6-4-5-7-16)20-9-11-8-12(17)13(18)22-11/h8,20H,4-7,9-10H2,1-3H3,(H,19,21). The number of furan rings is 1. The summed E-state index contributed by atoms with van der Waals surface area (Å²) in [5.74, 6) is 0.854. The Balaban J connectivity index is 1.90. The van der Waals surface area contributed by atoms with Crippen molar-refractivity contribution >= 4 is 38.0 Å². The second-order valence-electron chi connectivity index (χ2n) is 7.03. The Morgan fingerprint density at radius 2 is 2.00 bits per heavy atom. The number of carbonyl (C=O) groups excluding carboxylic acids is 1. The topological polar surface area (TPSA) is 63.5 Å². The van der Waals surface area contributed by atoms with Crippen LogP contribution in [0.15, 0.2) is 19.6 Å². The largest absolute Gasteiger partial charge is 0.452 e. The van der Waals surface area contributed by atoms with Crippen molar-refractivity contribution in [2.24, 2.45) is 0 Å². The van der Waals surface area contributed by atoms with Gasteiger partial charge in [-0.1, -0.05) is 12.8 Å². The van der Waals surface area contributed by atoms with Crippen LogP contribution in [0.3, 0.4) is 0 Å². The Morgan fingerprint density at radius 1 is 1.35 bits per heavy atom. The van der Waals surface area contributed by atoms with Gasteiger partial charge in [0.1, 0.15) is 11.4 Å². The second kappa shape index (κ2) is 7.57. The van der Waals surface area contributed by atoms with Gasteiger partial charge in [-0.2, -0.15) is 0 Å². The summed E-state index contributed by atoms with van der Waals surface area (Å²) in [6, 6.07) is 1.95. The molecule has 1 aromatic rings. The van der Waals surface area contributed by atoms with Crippen molar-refractivity contribution in [2.45, 2.75) is 64.1 Å². The third kappa shape index (κ3) is 5.80. The zero-order chi connectivity index (χ0) is 17.1. The zero-order valence-corrected chi connectivity index (χ0v) is 17.0. The summed E-state index contributed by atoms with van der Waals surface area (Å²) in [4.78, 5) is 11.9. The van der Waals surface area contributed by atoms with Crippen molar-refractivity contribution in [3.8, 4) is 0 Å². The molecule has 1 aromatic heterocycles. The molecular weight excluding hydrogens is 428 g/mol. The summed E-state index contributed by atoms with van der Waals surface area (Å²) < 4.78 is 12.5. The molecule has 2 N–H and O–H groups in total. The molecule has 0 radical (unpaired) electrons. The van der Waals surface area contributed by atoms with E-state index in [-0.39, 0.29) is 11.6 Å². The lowest BCUT2D eigenvalue weighted by Crippen LogP contribution is -2.51. The Labute approximate surface area is 154 Å². The highest BCUT2D eigenvalue weighted by Gasteiger charge is 2.34. The fourth-order valence-corrected chi connectivity index (χ4v) is 3.44. The lowest BCUT2D eigenvalue weighted by molar-refractivity contribution is 0.0509. The van der Waals surface area contributed by atoms with Crippen molar-refractivity contribution in [3.05, 3.63) is 21.0 Å². The highest BCUT2D eigenvalue weighted by molar-refractivity contribution is 9.13. The molecule has 1 aliphatic carbocycles. The number of hydrogen-bond acceptors (Lipinski definition) is 4. The molecule has 1 heterocycles. The smallest absolute Gasteiger partial charge is 0.407 e.